The molecule has 2 fully saturated rings. The minimum atomic E-state index is -0.537. The average molecular weight is 285 g/mol. The van der Waals surface area contributed by atoms with Gasteiger partial charge in [0.05, 0.1) is 19.3 Å². The van der Waals surface area contributed by atoms with Crippen molar-refractivity contribution in [3.8, 4) is 0 Å². The molecule has 0 bridgehead atoms. The van der Waals surface area contributed by atoms with Crippen molar-refractivity contribution in [2.24, 2.45) is 5.73 Å². The summed E-state index contributed by atoms with van der Waals surface area (Å²) in [6.07, 6.45) is 0.685. The van der Waals surface area contributed by atoms with Crippen LogP contribution in [0.4, 0.5) is 4.79 Å². The number of nitrogens with one attached hydrogen (secondary N) is 2. The highest BCUT2D eigenvalue weighted by Gasteiger charge is 2.48. The van der Waals surface area contributed by atoms with E-state index in [1.807, 2.05) is 0 Å². The van der Waals surface area contributed by atoms with Gasteiger partial charge in [-0.05, 0) is 0 Å². The summed E-state index contributed by atoms with van der Waals surface area (Å²) in [7, 11) is 0. The molecule has 3 amide bonds. The molecule has 8 heteroatoms. The maximum atomic E-state index is 11.6. The highest BCUT2D eigenvalue weighted by atomic mass is 16.6. The predicted molar refractivity (Wildman–Crippen MR) is 68.9 cm³/mol. The van der Waals surface area contributed by atoms with E-state index in [0.29, 0.717) is 19.8 Å². The number of amides is 3. The van der Waals surface area contributed by atoms with Crippen LogP contribution in [0, 0.1) is 0 Å². The number of hydrogen-bond donors (Lipinski definition) is 3. The van der Waals surface area contributed by atoms with Gasteiger partial charge in [-0.3, -0.25) is 4.79 Å². The minimum Gasteiger partial charge on any atom is -0.370 e. The monoisotopic (exact) mass is 285 g/mol. The third kappa shape index (κ3) is 3.47. The molecule has 2 aliphatic rings. The fraction of sp³-hybridized carbons (Fsp3) is 0.667. The number of urea groups is 1. The third-order valence-electron chi connectivity index (χ3n) is 3.17. The summed E-state index contributed by atoms with van der Waals surface area (Å²) >= 11 is 0. The third-order valence-corrected chi connectivity index (χ3v) is 3.17. The van der Waals surface area contributed by atoms with Gasteiger partial charge in [0, 0.05) is 6.54 Å². The van der Waals surface area contributed by atoms with Crippen LogP contribution >= 0.6 is 0 Å². The van der Waals surface area contributed by atoms with Crippen LogP contribution < -0.4 is 16.4 Å². The molecule has 2 rings (SSSR count). The lowest BCUT2D eigenvalue weighted by atomic mass is 10.1. The van der Waals surface area contributed by atoms with Crippen molar-refractivity contribution in [1.29, 1.82) is 0 Å². The minimum absolute atomic E-state index is 0.168. The van der Waals surface area contributed by atoms with Gasteiger partial charge in [-0.15, -0.1) is 6.58 Å². The smallest absolute Gasteiger partial charge is 0.315 e. The maximum Gasteiger partial charge on any atom is 0.315 e. The Hall–Kier alpha value is -1.64. The molecule has 0 aromatic rings. The van der Waals surface area contributed by atoms with Gasteiger partial charge in [0.2, 0.25) is 5.91 Å². The van der Waals surface area contributed by atoms with Gasteiger partial charge < -0.3 is 30.6 Å². The van der Waals surface area contributed by atoms with Crippen LogP contribution in [0.15, 0.2) is 12.7 Å². The van der Waals surface area contributed by atoms with E-state index in [0.717, 1.165) is 0 Å². The standard InChI is InChI=1S/C12H19N3O5/c1-2-3-14-12(17)15-7-4-19-11-8(5-20-10(7)11)18-6-9(13)16/h2,7-8,10-11H,1,3-6H2,(H2,13,16)(H2,14,15,17)/t7-,8+,10+,11+/m0/s1. The zero-order valence-electron chi connectivity index (χ0n) is 11.0. The maximum absolute atomic E-state index is 11.6. The van der Waals surface area contributed by atoms with Crippen molar-refractivity contribution in [3.05, 3.63) is 12.7 Å². The van der Waals surface area contributed by atoms with Crippen LogP contribution in [0.5, 0.6) is 0 Å². The number of nitrogens with two attached hydrogens (primary N) is 1. The number of carbonyl (C=O) groups excluding carboxylic acids is 2. The fourth-order valence-corrected chi connectivity index (χ4v) is 2.30. The highest BCUT2D eigenvalue weighted by molar-refractivity contribution is 5.75. The summed E-state index contributed by atoms with van der Waals surface area (Å²) in [6, 6.07) is -0.545. The van der Waals surface area contributed by atoms with E-state index in [9.17, 15) is 9.59 Å². The Balaban J connectivity index is 1.81. The fourth-order valence-electron chi connectivity index (χ4n) is 2.30. The Morgan fingerprint density at radius 2 is 2.10 bits per heavy atom. The SMILES string of the molecule is C=CCNC(=O)N[C@H]1CO[C@H]2[C@@H]1OC[C@H]2OCC(N)=O. The molecule has 0 aliphatic carbocycles. The first-order valence-electron chi connectivity index (χ1n) is 6.40. The summed E-state index contributed by atoms with van der Waals surface area (Å²) in [5, 5.41) is 5.39. The second-order valence-corrected chi connectivity index (χ2v) is 4.66. The topological polar surface area (TPSA) is 112 Å². The van der Waals surface area contributed by atoms with E-state index in [4.69, 9.17) is 19.9 Å². The van der Waals surface area contributed by atoms with Crippen LogP contribution in [0.3, 0.4) is 0 Å². The summed E-state index contributed by atoms with van der Waals surface area (Å²) in [6.45, 7) is 4.39. The molecule has 20 heavy (non-hydrogen) atoms. The van der Waals surface area contributed by atoms with E-state index in [2.05, 4.69) is 17.2 Å². The highest BCUT2D eigenvalue weighted by Crippen LogP contribution is 2.28. The molecule has 4 atom stereocenters. The average Bonchev–Trinajstić information content (AvgIpc) is 2.97. The number of fused-ring (bicyclic) bond motifs is 1. The first-order chi connectivity index (χ1) is 9.61. The van der Waals surface area contributed by atoms with Gasteiger partial charge >= 0.3 is 6.03 Å². The summed E-state index contributed by atoms with van der Waals surface area (Å²) in [5.41, 5.74) is 5.03. The molecule has 0 spiro atoms. The molecule has 0 aromatic carbocycles. The largest absolute Gasteiger partial charge is 0.370 e. The van der Waals surface area contributed by atoms with Gasteiger partial charge in [0.1, 0.15) is 24.9 Å². The number of ether oxygens (including phenoxy) is 3. The first-order valence-corrected chi connectivity index (χ1v) is 6.40. The van der Waals surface area contributed by atoms with Crippen LogP contribution in [0.25, 0.3) is 0 Å². The Bertz CT molecular complexity index is 389. The molecule has 0 unspecified atom stereocenters. The van der Waals surface area contributed by atoms with Crippen molar-refractivity contribution in [2.75, 3.05) is 26.4 Å². The van der Waals surface area contributed by atoms with Crippen molar-refractivity contribution >= 4 is 11.9 Å². The lowest BCUT2D eigenvalue weighted by molar-refractivity contribution is -0.126. The number of primary amides is 1. The van der Waals surface area contributed by atoms with E-state index >= 15 is 0 Å². The number of hydrogen-bond acceptors (Lipinski definition) is 5. The van der Waals surface area contributed by atoms with Crippen LogP contribution in [-0.4, -0.2) is 62.7 Å². The summed E-state index contributed by atoms with van der Waals surface area (Å²) in [5.74, 6) is -0.537. The van der Waals surface area contributed by atoms with Crippen molar-refractivity contribution < 1.29 is 23.8 Å². The zero-order valence-corrected chi connectivity index (χ0v) is 11.0. The Morgan fingerprint density at radius 3 is 2.80 bits per heavy atom. The lowest BCUT2D eigenvalue weighted by Crippen LogP contribution is -2.48. The van der Waals surface area contributed by atoms with Gasteiger partial charge in [-0.25, -0.2) is 4.79 Å². The van der Waals surface area contributed by atoms with E-state index in [-0.39, 0.29) is 37.0 Å². The summed E-state index contributed by atoms with van der Waals surface area (Å²) < 4.78 is 16.5. The molecular formula is C12H19N3O5. The van der Waals surface area contributed by atoms with E-state index < -0.39 is 5.91 Å². The molecule has 0 aromatic heterocycles. The van der Waals surface area contributed by atoms with E-state index in [1.54, 1.807) is 6.08 Å². The second-order valence-electron chi connectivity index (χ2n) is 4.66. The molecule has 0 radical (unpaired) electrons. The molecule has 2 heterocycles. The Kier molecular flexibility index (Phi) is 4.94. The van der Waals surface area contributed by atoms with Crippen molar-refractivity contribution in [2.45, 2.75) is 24.4 Å². The summed E-state index contributed by atoms with van der Waals surface area (Å²) in [4.78, 5) is 22.3. The molecule has 2 aliphatic heterocycles. The molecule has 2 saturated heterocycles. The van der Waals surface area contributed by atoms with Gasteiger partial charge in [0.25, 0.3) is 0 Å². The number of carbonyl (C=O) groups is 2. The van der Waals surface area contributed by atoms with Crippen LogP contribution in [0.1, 0.15) is 0 Å². The molecule has 8 nitrogen and oxygen atoms in total. The quantitative estimate of drug-likeness (QED) is 0.515. The van der Waals surface area contributed by atoms with Crippen molar-refractivity contribution in [1.82, 2.24) is 10.6 Å². The normalized spacial score (nSPS) is 31.6. The molecule has 4 N–H and O–H groups in total. The van der Waals surface area contributed by atoms with Gasteiger partial charge in [0.15, 0.2) is 0 Å². The predicted octanol–water partition coefficient (Wildman–Crippen LogP) is -1.49. The second kappa shape index (κ2) is 6.69. The zero-order chi connectivity index (χ0) is 14.5. The molecule has 112 valence electrons. The van der Waals surface area contributed by atoms with Crippen LogP contribution in [0.2, 0.25) is 0 Å². The Morgan fingerprint density at radius 1 is 1.35 bits per heavy atom. The Labute approximate surface area is 116 Å². The molecule has 0 saturated carbocycles. The van der Waals surface area contributed by atoms with Gasteiger partial charge in [-0.1, -0.05) is 6.08 Å². The van der Waals surface area contributed by atoms with Crippen LogP contribution in [-0.2, 0) is 19.0 Å². The first kappa shape index (κ1) is 14.8. The number of rotatable bonds is 6. The lowest BCUT2D eigenvalue weighted by Gasteiger charge is -2.17. The van der Waals surface area contributed by atoms with E-state index in [1.165, 1.54) is 0 Å². The van der Waals surface area contributed by atoms with Crippen molar-refractivity contribution in [3.63, 3.8) is 0 Å². The van der Waals surface area contributed by atoms with Gasteiger partial charge in [-0.2, -0.15) is 0 Å². The molecular weight excluding hydrogens is 266 g/mol.